The lowest BCUT2D eigenvalue weighted by Crippen LogP contribution is -2.52. The first-order valence-electron chi connectivity index (χ1n) is 9.51. The number of hydrogen-bond acceptors (Lipinski definition) is 2. The molecule has 2 aromatic carbocycles. The maximum absolute atomic E-state index is 12.8. The fraction of sp³-hybridized carbons (Fsp3) is 0.364. The van der Waals surface area contributed by atoms with E-state index in [0.29, 0.717) is 30.3 Å². The fourth-order valence-electron chi connectivity index (χ4n) is 3.47. The molecule has 0 saturated carbocycles. The number of amides is 3. The molecule has 0 radical (unpaired) electrons. The number of urea groups is 1. The standard InChI is InChI=1S/C22H26ClN3O2/c1-16-7-9-17(10-8-16)14-24-20(27)22(2)11-4-12-26(15-22)21(28)25-19-6-3-5-18(23)13-19/h3,5-10,13H,4,11-12,14-15H2,1-2H3,(H,24,27)(H,25,28). The van der Waals surface area contributed by atoms with Gasteiger partial charge in [-0.05, 0) is 50.5 Å². The van der Waals surface area contributed by atoms with Crippen LogP contribution in [-0.2, 0) is 11.3 Å². The Morgan fingerprint density at radius 1 is 1.18 bits per heavy atom. The normalized spacial score (nSPS) is 19.2. The summed E-state index contributed by atoms with van der Waals surface area (Å²) in [5.74, 6) is -0.0201. The number of rotatable bonds is 4. The number of anilines is 1. The largest absolute Gasteiger partial charge is 0.351 e. The number of likely N-dealkylation sites (tertiary alicyclic amines) is 1. The first kappa shape index (κ1) is 20.2. The van der Waals surface area contributed by atoms with Crippen LogP contribution in [0.2, 0.25) is 5.02 Å². The van der Waals surface area contributed by atoms with Crippen molar-refractivity contribution in [3.05, 3.63) is 64.7 Å². The molecule has 0 bridgehead atoms. The molecule has 0 spiro atoms. The molecule has 3 amide bonds. The van der Waals surface area contributed by atoms with Gasteiger partial charge >= 0.3 is 6.03 Å². The van der Waals surface area contributed by atoms with Gasteiger partial charge in [0.25, 0.3) is 0 Å². The Morgan fingerprint density at radius 3 is 2.64 bits per heavy atom. The average Bonchev–Trinajstić information content (AvgIpc) is 2.67. The lowest BCUT2D eigenvalue weighted by atomic mass is 9.81. The molecule has 2 N–H and O–H groups in total. The van der Waals surface area contributed by atoms with E-state index in [4.69, 9.17) is 11.6 Å². The molecule has 2 aromatic rings. The molecule has 5 nitrogen and oxygen atoms in total. The van der Waals surface area contributed by atoms with Crippen LogP contribution < -0.4 is 10.6 Å². The van der Waals surface area contributed by atoms with Gasteiger partial charge in [0.05, 0.1) is 5.41 Å². The number of halogens is 1. The van der Waals surface area contributed by atoms with Crippen molar-refractivity contribution >= 4 is 29.2 Å². The van der Waals surface area contributed by atoms with Gasteiger partial charge in [-0.25, -0.2) is 4.79 Å². The molecule has 3 rings (SSSR count). The Bertz CT molecular complexity index is 853. The second-order valence-electron chi connectivity index (χ2n) is 7.69. The highest BCUT2D eigenvalue weighted by Crippen LogP contribution is 2.30. The molecule has 1 atom stereocenters. The zero-order valence-electron chi connectivity index (χ0n) is 16.3. The zero-order chi connectivity index (χ0) is 20.1. The summed E-state index contributed by atoms with van der Waals surface area (Å²) in [7, 11) is 0. The minimum Gasteiger partial charge on any atom is -0.351 e. The van der Waals surface area contributed by atoms with Gasteiger partial charge in [0.1, 0.15) is 0 Å². The Morgan fingerprint density at radius 2 is 1.93 bits per heavy atom. The fourth-order valence-corrected chi connectivity index (χ4v) is 3.66. The molecule has 1 aliphatic rings. The third-order valence-electron chi connectivity index (χ3n) is 5.18. The van der Waals surface area contributed by atoms with Crippen LogP contribution in [0.4, 0.5) is 10.5 Å². The molecule has 1 saturated heterocycles. The summed E-state index contributed by atoms with van der Waals surface area (Å²) in [6.45, 7) is 5.47. The minimum atomic E-state index is -0.603. The smallest absolute Gasteiger partial charge is 0.321 e. The first-order valence-corrected chi connectivity index (χ1v) is 9.89. The lowest BCUT2D eigenvalue weighted by Gasteiger charge is -2.39. The number of carbonyl (C=O) groups is 2. The SMILES string of the molecule is Cc1ccc(CNC(=O)C2(C)CCCN(C(=O)Nc3cccc(Cl)c3)C2)cc1. The van der Waals surface area contributed by atoms with Crippen molar-refractivity contribution in [3.8, 4) is 0 Å². The van der Waals surface area contributed by atoms with Gasteiger partial charge in [0, 0.05) is 30.3 Å². The zero-order valence-corrected chi connectivity index (χ0v) is 17.1. The summed E-state index contributed by atoms with van der Waals surface area (Å²) in [5.41, 5.74) is 2.30. The van der Waals surface area contributed by atoms with E-state index in [1.54, 1.807) is 29.2 Å². The molecular formula is C22H26ClN3O2. The van der Waals surface area contributed by atoms with E-state index >= 15 is 0 Å². The van der Waals surface area contributed by atoms with E-state index in [2.05, 4.69) is 10.6 Å². The van der Waals surface area contributed by atoms with Gasteiger partial charge in [-0.2, -0.15) is 0 Å². The van der Waals surface area contributed by atoms with E-state index in [1.165, 1.54) is 5.56 Å². The van der Waals surface area contributed by atoms with Crippen molar-refractivity contribution in [1.29, 1.82) is 0 Å². The summed E-state index contributed by atoms with van der Waals surface area (Å²) < 4.78 is 0. The van der Waals surface area contributed by atoms with Crippen LogP contribution in [0.3, 0.4) is 0 Å². The number of nitrogens with one attached hydrogen (secondary N) is 2. The highest BCUT2D eigenvalue weighted by molar-refractivity contribution is 6.30. The van der Waals surface area contributed by atoms with Gasteiger partial charge in [0.15, 0.2) is 0 Å². The maximum Gasteiger partial charge on any atom is 0.321 e. The van der Waals surface area contributed by atoms with Crippen molar-refractivity contribution in [2.75, 3.05) is 18.4 Å². The average molecular weight is 400 g/mol. The van der Waals surface area contributed by atoms with Crippen molar-refractivity contribution < 1.29 is 9.59 Å². The molecule has 1 unspecified atom stereocenters. The van der Waals surface area contributed by atoms with E-state index < -0.39 is 5.41 Å². The van der Waals surface area contributed by atoms with E-state index in [0.717, 1.165) is 18.4 Å². The summed E-state index contributed by atoms with van der Waals surface area (Å²) in [4.78, 5) is 27.2. The number of aryl methyl sites for hydroxylation is 1. The van der Waals surface area contributed by atoms with Crippen molar-refractivity contribution in [3.63, 3.8) is 0 Å². The van der Waals surface area contributed by atoms with E-state index in [-0.39, 0.29) is 11.9 Å². The molecule has 148 valence electrons. The van der Waals surface area contributed by atoms with Gasteiger partial charge in [0.2, 0.25) is 5.91 Å². The van der Waals surface area contributed by atoms with Crippen LogP contribution in [0.25, 0.3) is 0 Å². The van der Waals surface area contributed by atoms with Crippen molar-refractivity contribution in [1.82, 2.24) is 10.2 Å². The highest BCUT2D eigenvalue weighted by atomic mass is 35.5. The number of carbonyl (C=O) groups excluding carboxylic acids is 2. The van der Waals surface area contributed by atoms with Crippen molar-refractivity contribution in [2.24, 2.45) is 5.41 Å². The molecule has 0 aromatic heterocycles. The molecule has 1 fully saturated rings. The Balaban J connectivity index is 1.59. The molecule has 1 aliphatic heterocycles. The lowest BCUT2D eigenvalue weighted by molar-refractivity contribution is -0.132. The summed E-state index contributed by atoms with van der Waals surface area (Å²) in [6.07, 6.45) is 1.55. The van der Waals surface area contributed by atoms with E-state index in [9.17, 15) is 9.59 Å². The number of hydrogen-bond donors (Lipinski definition) is 2. The number of piperidine rings is 1. The van der Waals surface area contributed by atoms with Crippen molar-refractivity contribution in [2.45, 2.75) is 33.2 Å². The topological polar surface area (TPSA) is 61.4 Å². The summed E-state index contributed by atoms with van der Waals surface area (Å²) in [6, 6.07) is 14.9. The van der Waals surface area contributed by atoms with Crippen LogP contribution >= 0.6 is 11.6 Å². The van der Waals surface area contributed by atoms with Crippen LogP contribution in [0.5, 0.6) is 0 Å². The van der Waals surface area contributed by atoms with Gasteiger partial charge in [-0.1, -0.05) is 47.5 Å². The van der Waals surface area contributed by atoms with Gasteiger partial charge < -0.3 is 15.5 Å². The Kier molecular flexibility index (Phi) is 6.25. The Hall–Kier alpha value is -2.53. The second-order valence-corrected chi connectivity index (χ2v) is 8.13. The highest BCUT2D eigenvalue weighted by Gasteiger charge is 2.39. The first-order chi connectivity index (χ1) is 13.4. The molecular weight excluding hydrogens is 374 g/mol. The quantitative estimate of drug-likeness (QED) is 0.789. The van der Waals surface area contributed by atoms with E-state index in [1.807, 2.05) is 38.1 Å². The number of benzene rings is 2. The van der Waals surface area contributed by atoms with Crippen LogP contribution in [-0.4, -0.2) is 29.9 Å². The van der Waals surface area contributed by atoms with Crippen LogP contribution in [0.1, 0.15) is 30.9 Å². The summed E-state index contributed by atoms with van der Waals surface area (Å²) >= 11 is 5.98. The van der Waals surface area contributed by atoms with Gasteiger partial charge in [-0.15, -0.1) is 0 Å². The number of nitrogens with zero attached hydrogens (tertiary/aromatic N) is 1. The van der Waals surface area contributed by atoms with Crippen LogP contribution in [0.15, 0.2) is 48.5 Å². The second kappa shape index (κ2) is 8.65. The predicted molar refractivity (Wildman–Crippen MR) is 112 cm³/mol. The van der Waals surface area contributed by atoms with Gasteiger partial charge in [-0.3, -0.25) is 4.79 Å². The molecule has 0 aliphatic carbocycles. The molecule has 28 heavy (non-hydrogen) atoms. The Labute approximate surface area is 171 Å². The molecule has 1 heterocycles. The minimum absolute atomic E-state index is 0.0201. The predicted octanol–water partition coefficient (Wildman–Crippen LogP) is 4.60. The maximum atomic E-state index is 12.8. The van der Waals surface area contributed by atoms with Crippen LogP contribution in [0, 0.1) is 12.3 Å². The molecule has 6 heteroatoms. The summed E-state index contributed by atoms with van der Waals surface area (Å²) in [5, 5.41) is 6.46. The monoisotopic (exact) mass is 399 g/mol. The third-order valence-corrected chi connectivity index (χ3v) is 5.42. The third kappa shape index (κ3) is 5.04.